The predicted octanol–water partition coefficient (Wildman–Crippen LogP) is 1.46. The number of para-hydroxylation sites is 1. The second kappa shape index (κ2) is 8.66. The maximum Gasteiger partial charge on any atom is 0.411 e. The van der Waals surface area contributed by atoms with Crippen molar-refractivity contribution >= 4 is 33.8 Å². The molecule has 0 spiro atoms. The predicted molar refractivity (Wildman–Crippen MR) is 102 cm³/mol. The van der Waals surface area contributed by atoms with E-state index in [0.29, 0.717) is 11.3 Å². The van der Waals surface area contributed by atoms with Gasteiger partial charge in [-0.05, 0) is 23.7 Å². The Labute approximate surface area is 169 Å². The van der Waals surface area contributed by atoms with E-state index in [1.54, 1.807) is 28.3 Å². The van der Waals surface area contributed by atoms with Crippen molar-refractivity contribution in [3.8, 4) is 28.8 Å². The molecule has 0 fully saturated rings. The minimum Gasteiger partial charge on any atom is -0.481 e. The van der Waals surface area contributed by atoms with Crippen molar-refractivity contribution in [2.24, 2.45) is 0 Å². The van der Waals surface area contributed by atoms with E-state index in [1.807, 2.05) is 0 Å². The third-order valence-corrected chi connectivity index (χ3v) is 4.60. The lowest BCUT2D eigenvalue weighted by molar-refractivity contribution is 0.255. The highest BCUT2D eigenvalue weighted by Crippen LogP contribution is 2.29. The molecule has 12 nitrogen and oxygen atoms in total. The lowest BCUT2D eigenvalue weighted by atomic mass is 10.1. The van der Waals surface area contributed by atoms with E-state index >= 15 is 0 Å². The molecule has 0 radical (unpaired) electrons. The highest BCUT2D eigenvalue weighted by atomic mass is 32.2. The molecule has 0 atom stereocenters. The van der Waals surface area contributed by atoms with Crippen molar-refractivity contribution in [3.05, 3.63) is 35.7 Å². The molecule has 2 heterocycles. The van der Waals surface area contributed by atoms with Crippen LogP contribution in [0.15, 0.2) is 35.7 Å². The van der Waals surface area contributed by atoms with Crippen LogP contribution in [-0.4, -0.2) is 48.2 Å². The Morgan fingerprint density at radius 2 is 1.79 bits per heavy atom. The van der Waals surface area contributed by atoms with Crippen LogP contribution in [0.25, 0.3) is 11.3 Å². The minimum absolute atomic E-state index is 0.0280. The maximum atomic E-state index is 12.3. The van der Waals surface area contributed by atoms with E-state index in [1.165, 1.54) is 26.4 Å². The number of ether oxygens (including phenoxy) is 2. The third kappa shape index (κ3) is 5.26. The summed E-state index contributed by atoms with van der Waals surface area (Å²) in [6.45, 7) is 0. The van der Waals surface area contributed by atoms with Gasteiger partial charge in [-0.3, -0.25) is 5.32 Å². The van der Waals surface area contributed by atoms with Gasteiger partial charge in [0.15, 0.2) is 5.75 Å². The second-order valence-corrected chi connectivity index (χ2v) is 7.05. The number of carbonyl (C=O) groups is 1. The van der Waals surface area contributed by atoms with Gasteiger partial charge >= 0.3 is 16.3 Å². The van der Waals surface area contributed by atoms with E-state index in [0.717, 1.165) is 11.5 Å². The summed E-state index contributed by atoms with van der Waals surface area (Å²) in [4.78, 5) is 19.8. The van der Waals surface area contributed by atoms with Crippen LogP contribution in [0.5, 0.6) is 17.5 Å². The van der Waals surface area contributed by atoms with Crippen molar-refractivity contribution < 1.29 is 26.9 Å². The van der Waals surface area contributed by atoms with Crippen LogP contribution in [-0.2, 0) is 10.3 Å². The molecule has 0 aliphatic rings. The number of methoxy groups -OCH3 is 2. The van der Waals surface area contributed by atoms with Crippen LogP contribution in [0.1, 0.15) is 0 Å². The van der Waals surface area contributed by atoms with Crippen LogP contribution >= 0.6 is 11.5 Å². The standard InChI is InChI=1S/C15H14N6O6S2/c1-25-12-7-13(26-2)17-14(16-12)18-15(22)20-29(23,24)27-11-6-4-3-5-9(11)10-8-28-21-19-10/h3-8H,1-2H3,(H2,16,17,18,20,22). The van der Waals surface area contributed by atoms with Gasteiger partial charge < -0.3 is 13.7 Å². The molecule has 0 saturated carbocycles. The molecule has 0 aliphatic carbocycles. The van der Waals surface area contributed by atoms with E-state index < -0.39 is 16.3 Å². The fourth-order valence-electron chi connectivity index (χ4n) is 2.08. The van der Waals surface area contributed by atoms with Crippen LogP contribution in [0.4, 0.5) is 10.7 Å². The van der Waals surface area contributed by atoms with Gasteiger partial charge in [0.25, 0.3) is 0 Å². The lowest BCUT2D eigenvalue weighted by Gasteiger charge is -2.11. The fourth-order valence-corrected chi connectivity index (χ4v) is 3.24. The SMILES string of the molecule is COc1cc(OC)nc(NC(=O)NS(=O)(=O)Oc2ccccc2-c2csnn2)n1. The van der Waals surface area contributed by atoms with Gasteiger partial charge in [-0.1, -0.05) is 16.6 Å². The summed E-state index contributed by atoms with van der Waals surface area (Å²) in [5, 5.41) is 7.67. The van der Waals surface area contributed by atoms with E-state index in [2.05, 4.69) is 24.9 Å². The summed E-state index contributed by atoms with van der Waals surface area (Å²) in [5.41, 5.74) is 0.829. The van der Waals surface area contributed by atoms with Crippen LogP contribution in [0.2, 0.25) is 0 Å². The Balaban J connectivity index is 1.73. The van der Waals surface area contributed by atoms with Gasteiger partial charge in [0, 0.05) is 10.9 Å². The number of hydrogen-bond donors (Lipinski definition) is 2. The van der Waals surface area contributed by atoms with Crippen LogP contribution < -0.4 is 23.7 Å². The highest BCUT2D eigenvalue weighted by molar-refractivity contribution is 7.85. The fraction of sp³-hybridized carbons (Fsp3) is 0.133. The Hall–Kier alpha value is -3.52. The number of benzene rings is 1. The number of anilines is 1. The van der Waals surface area contributed by atoms with Gasteiger partial charge in [0.05, 0.1) is 20.3 Å². The van der Waals surface area contributed by atoms with E-state index in [-0.39, 0.29) is 23.5 Å². The number of hydrogen-bond acceptors (Lipinski definition) is 11. The van der Waals surface area contributed by atoms with Gasteiger partial charge in [-0.15, -0.1) is 5.10 Å². The Morgan fingerprint density at radius 1 is 1.10 bits per heavy atom. The van der Waals surface area contributed by atoms with Crippen LogP contribution in [0.3, 0.4) is 0 Å². The van der Waals surface area contributed by atoms with Crippen molar-refractivity contribution in [2.75, 3.05) is 19.5 Å². The van der Waals surface area contributed by atoms with Crippen LogP contribution in [0, 0.1) is 0 Å². The smallest absolute Gasteiger partial charge is 0.411 e. The van der Waals surface area contributed by atoms with Gasteiger partial charge in [0.1, 0.15) is 5.69 Å². The molecular weight excluding hydrogens is 424 g/mol. The van der Waals surface area contributed by atoms with E-state index in [4.69, 9.17) is 13.7 Å². The topological polar surface area (TPSA) is 155 Å². The monoisotopic (exact) mass is 438 g/mol. The summed E-state index contributed by atoms with van der Waals surface area (Å²) in [6.07, 6.45) is 0. The first-order valence-electron chi connectivity index (χ1n) is 7.77. The minimum atomic E-state index is -4.52. The first kappa shape index (κ1) is 20.2. The molecule has 29 heavy (non-hydrogen) atoms. The zero-order valence-electron chi connectivity index (χ0n) is 15.0. The highest BCUT2D eigenvalue weighted by Gasteiger charge is 2.21. The summed E-state index contributed by atoms with van der Waals surface area (Å²) >= 11 is 1.10. The molecule has 152 valence electrons. The van der Waals surface area contributed by atoms with E-state index in [9.17, 15) is 13.2 Å². The van der Waals surface area contributed by atoms with Crippen molar-refractivity contribution in [2.45, 2.75) is 0 Å². The van der Waals surface area contributed by atoms with Crippen molar-refractivity contribution in [3.63, 3.8) is 0 Å². The number of aromatic nitrogens is 4. The molecule has 2 N–H and O–H groups in total. The number of urea groups is 1. The van der Waals surface area contributed by atoms with Crippen molar-refractivity contribution in [1.82, 2.24) is 24.3 Å². The quantitative estimate of drug-likeness (QED) is 0.554. The molecule has 3 aromatic rings. The Bertz CT molecular complexity index is 1080. The zero-order chi connectivity index (χ0) is 20.9. The van der Waals surface area contributed by atoms with Crippen molar-refractivity contribution in [1.29, 1.82) is 0 Å². The number of nitrogens with one attached hydrogen (secondary N) is 2. The molecule has 1 aromatic carbocycles. The lowest BCUT2D eigenvalue weighted by Crippen LogP contribution is -2.37. The Morgan fingerprint density at radius 3 is 2.41 bits per heavy atom. The average molecular weight is 438 g/mol. The molecule has 2 aromatic heterocycles. The van der Waals surface area contributed by atoms with Gasteiger partial charge in [0.2, 0.25) is 17.7 Å². The average Bonchev–Trinajstić information content (AvgIpc) is 3.21. The number of rotatable bonds is 7. The summed E-state index contributed by atoms with van der Waals surface area (Å²) in [5.74, 6) is -0.0447. The van der Waals surface area contributed by atoms with Gasteiger partial charge in [-0.25, -0.2) is 9.52 Å². The number of carbonyl (C=O) groups excluding carboxylic acids is 1. The molecular formula is C15H14N6O6S2. The maximum absolute atomic E-state index is 12.3. The number of nitrogens with zero attached hydrogens (tertiary/aromatic N) is 4. The second-order valence-electron chi connectivity index (χ2n) is 5.16. The number of amides is 2. The molecule has 3 rings (SSSR count). The molecule has 0 saturated heterocycles. The first-order chi connectivity index (χ1) is 13.9. The largest absolute Gasteiger partial charge is 0.481 e. The Kier molecular flexibility index (Phi) is 6.04. The molecule has 0 aliphatic heterocycles. The summed E-state index contributed by atoms with van der Waals surface area (Å²) in [7, 11) is -1.80. The van der Waals surface area contributed by atoms with Gasteiger partial charge in [-0.2, -0.15) is 18.4 Å². The summed E-state index contributed by atoms with van der Waals surface area (Å²) < 4.78 is 44.8. The first-order valence-corrected chi connectivity index (χ1v) is 10.0. The third-order valence-electron chi connectivity index (χ3n) is 3.26. The molecule has 14 heteroatoms. The molecule has 0 unspecified atom stereocenters. The summed E-state index contributed by atoms with van der Waals surface area (Å²) in [6, 6.07) is 6.52. The zero-order valence-corrected chi connectivity index (χ0v) is 16.7. The molecule has 2 amide bonds. The molecule has 0 bridgehead atoms. The normalized spacial score (nSPS) is 10.8.